The van der Waals surface area contributed by atoms with Crippen LogP contribution in [-0.2, 0) is 10.0 Å². The average Bonchev–Trinajstić information content (AvgIpc) is 2.18. The number of hydrogen-bond donors (Lipinski definition) is 2. The van der Waals surface area contributed by atoms with Crippen molar-refractivity contribution in [3.8, 4) is 0 Å². The lowest BCUT2D eigenvalue weighted by Crippen LogP contribution is -2.40. The fourth-order valence-corrected chi connectivity index (χ4v) is 3.89. The van der Waals surface area contributed by atoms with E-state index >= 15 is 0 Å². The zero-order chi connectivity index (χ0) is 13.3. The summed E-state index contributed by atoms with van der Waals surface area (Å²) in [4.78, 5) is 0.245. The van der Waals surface area contributed by atoms with Gasteiger partial charge in [0.1, 0.15) is 0 Å². The first-order valence-electron chi connectivity index (χ1n) is 5.97. The van der Waals surface area contributed by atoms with Gasteiger partial charge < -0.3 is 5.73 Å². The van der Waals surface area contributed by atoms with Crippen LogP contribution in [0, 0.1) is 5.92 Å². The Labute approximate surface area is 116 Å². The standard InChI is InChI=1S/C12H17BrN2O2S/c1-8(9-3-2-4-9)15-18(16,17)10-5-6-12(14)11(13)7-10/h5-9,15H,2-4,14H2,1H3. The molecule has 1 saturated carbocycles. The van der Waals surface area contributed by atoms with E-state index in [2.05, 4.69) is 20.7 Å². The minimum atomic E-state index is -3.46. The summed E-state index contributed by atoms with van der Waals surface area (Å²) in [6.45, 7) is 1.92. The van der Waals surface area contributed by atoms with E-state index in [0.717, 1.165) is 12.8 Å². The second-order valence-corrected chi connectivity index (χ2v) is 7.35. The number of anilines is 1. The largest absolute Gasteiger partial charge is 0.398 e. The van der Waals surface area contributed by atoms with Crippen molar-refractivity contribution in [3.05, 3.63) is 22.7 Å². The number of rotatable bonds is 4. The molecule has 1 aliphatic carbocycles. The Hall–Kier alpha value is -0.590. The van der Waals surface area contributed by atoms with Crippen LogP contribution in [0.4, 0.5) is 5.69 Å². The van der Waals surface area contributed by atoms with Crippen LogP contribution in [0.25, 0.3) is 0 Å². The Kier molecular flexibility index (Phi) is 3.99. The third kappa shape index (κ3) is 2.87. The van der Waals surface area contributed by atoms with Crippen LogP contribution in [0.1, 0.15) is 26.2 Å². The summed E-state index contributed by atoms with van der Waals surface area (Å²) in [5.74, 6) is 0.469. The second kappa shape index (κ2) is 5.19. The van der Waals surface area contributed by atoms with Gasteiger partial charge in [0, 0.05) is 16.2 Å². The van der Waals surface area contributed by atoms with Gasteiger partial charge >= 0.3 is 0 Å². The first kappa shape index (κ1) is 13.8. The summed E-state index contributed by atoms with van der Waals surface area (Å²) >= 11 is 3.24. The fraction of sp³-hybridized carbons (Fsp3) is 0.500. The predicted octanol–water partition coefficient (Wildman–Crippen LogP) is 2.50. The van der Waals surface area contributed by atoms with Crippen LogP contribution in [0.15, 0.2) is 27.6 Å². The summed E-state index contributed by atoms with van der Waals surface area (Å²) in [6.07, 6.45) is 3.41. The summed E-state index contributed by atoms with van der Waals surface area (Å²) in [5, 5.41) is 0. The summed E-state index contributed by atoms with van der Waals surface area (Å²) in [7, 11) is -3.46. The maximum Gasteiger partial charge on any atom is 0.240 e. The monoisotopic (exact) mass is 332 g/mol. The van der Waals surface area contributed by atoms with Gasteiger partial charge in [-0.25, -0.2) is 13.1 Å². The molecule has 0 amide bonds. The summed E-state index contributed by atoms with van der Waals surface area (Å²) in [6, 6.07) is 4.63. The van der Waals surface area contributed by atoms with E-state index in [1.54, 1.807) is 6.07 Å². The van der Waals surface area contributed by atoms with Gasteiger partial charge in [-0.05, 0) is 59.8 Å². The molecule has 4 nitrogen and oxygen atoms in total. The smallest absolute Gasteiger partial charge is 0.240 e. The van der Waals surface area contributed by atoms with Crippen molar-refractivity contribution in [2.45, 2.75) is 37.1 Å². The number of nitrogen functional groups attached to an aromatic ring is 1. The third-order valence-corrected chi connectivity index (χ3v) is 5.72. The predicted molar refractivity (Wildman–Crippen MR) is 75.7 cm³/mol. The van der Waals surface area contributed by atoms with E-state index < -0.39 is 10.0 Å². The molecule has 100 valence electrons. The molecule has 0 radical (unpaired) electrons. The molecule has 0 bridgehead atoms. The highest BCUT2D eigenvalue weighted by molar-refractivity contribution is 9.10. The molecule has 1 aromatic rings. The van der Waals surface area contributed by atoms with Crippen LogP contribution in [0.2, 0.25) is 0 Å². The van der Waals surface area contributed by atoms with E-state index in [9.17, 15) is 8.42 Å². The Morgan fingerprint density at radius 2 is 2.11 bits per heavy atom. The van der Waals surface area contributed by atoms with Gasteiger partial charge in [0.15, 0.2) is 0 Å². The molecule has 1 fully saturated rings. The Bertz CT molecular complexity index is 541. The fourth-order valence-electron chi connectivity index (χ4n) is 2.02. The number of nitrogens with one attached hydrogen (secondary N) is 1. The van der Waals surface area contributed by atoms with E-state index in [1.165, 1.54) is 18.6 Å². The molecule has 0 spiro atoms. The van der Waals surface area contributed by atoms with Gasteiger partial charge in [-0.2, -0.15) is 0 Å². The number of sulfonamides is 1. The molecular formula is C12H17BrN2O2S. The van der Waals surface area contributed by atoms with Gasteiger partial charge in [0.05, 0.1) is 4.90 Å². The first-order chi connectivity index (χ1) is 8.40. The van der Waals surface area contributed by atoms with Crippen LogP contribution < -0.4 is 10.5 Å². The van der Waals surface area contributed by atoms with Crippen molar-refractivity contribution in [3.63, 3.8) is 0 Å². The number of halogens is 1. The second-order valence-electron chi connectivity index (χ2n) is 4.78. The lowest BCUT2D eigenvalue weighted by molar-refractivity contribution is 0.260. The zero-order valence-electron chi connectivity index (χ0n) is 10.2. The van der Waals surface area contributed by atoms with E-state index in [0.29, 0.717) is 16.1 Å². The van der Waals surface area contributed by atoms with Crippen LogP contribution >= 0.6 is 15.9 Å². The maximum atomic E-state index is 12.2. The van der Waals surface area contributed by atoms with Crippen molar-refractivity contribution in [2.24, 2.45) is 5.92 Å². The SMILES string of the molecule is CC(NS(=O)(=O)c1ccc(N)c(Br)c1)C1CCC1. The highest BCUT2D eigenvalue weighted by Gasteiger charge is 2.27. The van der Waals surface area contributed by atoms with E-state index in [4.69, 9.17) is 5.73 Å². The molecule has 6 heteroatoms. The summed E-state index contributed by atoms with van der Waals surface area (Å²) < 4.78 is 27.7. The highest BCUT2D eigenvalue weighted by Crippen LogP contribution is 2.30. The Morgan fingerprint density at radius 3 is 2.61 bits per heavy atom. The molecule has 18 heavy (non-hydrogen) atoms. The van der Waals surface area contributed by atoms with Crippen molar-refractivity contribution in [1.29, 1.82) is 0 Å². The molecule has 1 unspecified atom stereocenters. The molecular weight excluding hydrogens is 316 g/mol. The highest BCUT2D eigenvalue weighted by atomic mass is 79.9. The molecule has 0 saturated heterocycles. The molecule has 3 N–H and O–H groups in total. The Morgan fingerprint density at radius 1 is 1.44 bits per heavy atom. The average molecular weight is 333 g/mol. The lowest BCUT2D eigenvalue weighted by atomic mass is 9.81. The molecule has 2 rings (SSSR count). The van der Waals surface area contributed by atoms with Crippen LogP contribution in [0.3, 0.4) is 0 Å². The molecule has 1 aliphatic rings. The normalized spacial score (nSPS) is 18.3. The number of hydrogen-bond acceptors (Lipinski definition) is 3. The molecule has 1 atom stereocenters. The lowest BCUT2D eigenvalue weighted by Gasteiger charge is -2.31. The topological polar surface area (TPSA) is 72.2 Å². The van der Waals surface area contributed by atoms with Gasteiger partial charge in [0.2, 0.25) is 10.0 Å². The minimum Gasteiger partial charge on any atom is -0.398 e. The minimum absolute atomic E-state index is 0.0138. The van der Waals surface area contributed by atoms with Crippen molar-refractivity contribution in [2.75, 3.05) is 5.73 Å². The molecule has 0 aromatic heterocycles. The van der Waals surface area contributed by atoms with Gasteiger partial charge in [-0.1, -0.05) is 6.42 Å². The van der Waals surface area contributed by atoms with E-state index in [-0.39, 0.29) is 10.9 Å². The first-order valence-corrected chi connectivity index (χ1v) is 8.25. The number of nitrogens with two attached hydrogens (primary N) is 1. The quantitative estimate of drug-likeness (QED) is 0.832. The van der Waals surface area contributed by atoms with Gasteiger partial charge in [0.25, 0.3) is 0 Å². The third-order valence-electron chi connectivity index (χ3n) is 3.48. The van der Waals surface area contributed by atoms with Gasteiger partial charge in [-0.15, -0.1) is 0 Å². The molecule has 0 aliphatic heterocycles. The number of benzene rings is 1. The van der Waals surface area contributed by atoms with Crippen molar-refractivity contribution >= 4 is 31.6 Å². The van der Waals surface area contributed by atoms with Crippen LogP contribution in [-0.4, -0.2) is 14.5 Å². The van der Waals surface area contributed by atoms with E-state index in [1.807, 2.05) is 6.92 Å². The zero-order valence-corrected chi connectivity index (χ0v) is 12.6. The maximum absolute atomic E-state index is 12.2. The van der Waals surface area contributed by atoms with Crippen molar-refractivity contribution < 1.29 is 8.42 Å². The van der Waals surface area contributed by atoms with Crippen LogP contribution in [0.5, 0.6) is 0 Å². The molecule has 0 heterocycles. The Balaban J connectivity index is 2.16. The van der Waals surface area contributed by atoms with Gasteiger partial charge in [-0.3, -0.25) is 0 Å². The molecule has 1 aromatic carbocycles. The van der Waals surface area contributed by atoms with Crippen molar-refractivity contribution in [1.82, 2.24) is 4.72 Å². The summed E-state index contributed by atoms with van der Waals surface area (Å²) in [5.41, 5.74) is 6.18.